The summed E-state index contributed by atoms with van der Waals surface area (Å²) in [6.45, 7) is 4.34. The van der Waals surface area contributed by atoms with E-state index in [0.717, 1.165) is 31.7 Å². The molecule has 0 saturated heterocycles. The summed E-state index contributed by atoms with van der Waals surface area (Å²) in [5.74, 6) is 0.262. The van der Waals surface area contributed by atoms with Crippen molar-refractivity contribution in [1.82, 2.24) is 10.2 Å². The van der Waals surface area contributed by atoms with Crippen molar-refractivity contribution in [3.8, 4) is 10.6 Å². The van der Waals surface area contributed by atoms with E-state index >= 15 is 0 Å². The van der Waals surface area contributed by atoms with Gasteiger partial charge in [0.05, 0.1) is 9.09 Å². The van der Waals surface area contributed by atoms with Gasteiger partial charge in [-0.25, -0.2) is 0 Å². The van der Waals surface area contributed by atoms with E-state index in [0.29, 0.717) is 6.42 Å². The number of aromatic nitrogens is 2. The van der Waals surface area contributed by atoms with Crippen LogP contribution < -0.4 is 0 Å². The third-order valence-electron chi connectivity index (χ3n) is 4.24. The van der Waals surface area contributed by atoms with Crippen molar-refractivity contribution in [3.05, 3.63) is 53.7 Å². The second-order valence-electron chi connectivity index (χ2n) is 6.89. The van der Waals surface area contributed by atoms with Crippen molar-refractivity contribution >= 4 is 28.9 Å². The maximum absolute atomic E-state index is 12.9. The number of nitrogens with zero attached hydrogens (tertiary/aromatic N) is 1. The zero-order chi connectivity index (χ0) is 16.7. The van der Waals surface area contributed by atoms with Crippen molar-refractivity contribution in [2.24, 2.45) is 5.41 Å². The minimum Gasteiger partial charge on any atom is -0.294 e. The van der Waals surface area contributed by atoms with Gasteiger partial charge in [-0.05, 0) is 35.6 Å². The molecular weight excluding hydrogens is 336 g/mol. The van der Waals surface area contributed by atoms with E-state index in [2.05, 4.69) is 36.2 Å². The number of aromatic amines is 1. The lowest BCUT2D eigenvalue weighted by Gasteiger charge is -2.29. The molecular formula is C19H18N2OS2. The quantitative estimate of drug-likeness (QED) is 0.681. The summed E-state index contributed by atoms with van der Waals surface area (Å²) in [6.07, 6.45) is 3.36. The van der Waals surface area contributed by atoms with Crippen molar-refractivity contribution < 1.29 is 4.79 Å². The van der Waals surface area contributed by atoms with Crippen molar-refractivity contribution in [3.63, 3.8) is 0 Å². The Hall–Kier alpha value is -1.85. The Balaban J connectivity index is 1.85. The van der Waals surface area contributed by atoms with Gasteiger partial charge in [-0.3, -0.25) is 9.89 Å². The number of fused-ring (bicyclic) bond motifs is 1. The molecule has 2 heterocycles. The third kappa shape index (κ3) is 2.82. The SMILES string of the molecule is CC1(C)CC(=O)c2c(Sc3ccccc3)sc(-c3cc[nH]n3)c2C1. The summed E-state index contributed by atoms with van der Waals surface area (Å²) in [5, 5.41) is 7.24. The number of hydrogen-bond acceptors (Lipinski definition) is 4. The minimum absolute atomic E-state index is 0.00486. The smallest absolute Gasteiger partial charge is 0.165 e. The number of ketones is 1. The lowest BCUT2D eigenvalue weighted by Crippen LogP contribution is -2.26. The maximum Gasteiger partial charge on any atom is 0.165 e. The number of hydrogen-bond donors (Lipinski definition) is 1. The molecule has 0 fully saturated rings. The van der Waals surface area contributed by atoms with Crippen LogP contribution in [0, 0.1) is 5.41 Å². The number of carbonyl (C=O) groups is 1. The molecule has 1 N–H and O–H groups in total. The van der Waals surface area contributed by atoms with E-state index in [1.165, 1.54) is 5.56 Å². The molecule has 1 aliphatic carbocycles. The monoisotopic (exact) mass is 354 g/mol. The lowest BCUT2D eigenvalue weighted by molar-refractivity contribution is 0.0910. The second kappa shape index (κ2) is 5.90. The number of H-pyrrole nitrogens is 1. The van der Waals surface area contributed by atoms with Crippen LogP contribution in [0.2, 0.25) is 0 Å². The summed E-state index contributed by atoms with van der Waals surface area (Å²) >= 11 is 3.38. The zero-order valence-electron chi connectivity index (χ0n) is 13.6. The highest BCUT2D eigenvalue weighted by atomic mass is 32.2. The fourth-order valence-electron chi connectivity index (χ4n) is 3.22. The summed E-state index contributed by atoms with van der Waals surface area (Å²) in [5.41, 5.74) is 3.03. The Labute approximate surface area is 149 Å². The van der Waals surface area contributed by atoms with E-state index < -0.39 is 0 Å². The summed E-state index contributed by atoms with van der Waals surface area (Å²) in [7, 11) is 0. The van der Waals surface area contributed by atoms with Crippen molar-refractivity contribution in [2.75, 3.05) is 0 Å². The van der Waals surface area contributed by atoms with Gasteiger partial charge in [0, 0.05) is 23.1 Å². The van der Waals surface area contributed by atoms with Crippen LogP contribution in [-0.4, -0.2) is 16.0 Å². The van der Waals surface area contributed by atoms with Crippen LogP contribution in [0.4, 0.5) is 0 Å². The molecule has 0 radical (unpaired) electrons. The molecule has 3 aromatic rings. The zero-order valence-corrected chi connectivity index (χ0v) is 15.3. The molecule has 0 aliphatic heterocycles. The summed E-state index contributed by atoms with van der Waals surface area (Å²) in [6, 6.07) is 12.2. The first-order valence-electron chi connectivity index (χ1n) is 7.95. The third-order valence-corrected chi connectivity index (χ3v) is 6.68. The average molecular weight is 355 g/mol. The number of carbonyl (C=O) groups excluding carboxylic acids is 1. The van der Waals surface area contributed by atoms with Gasteiger partial charge >= 0.3 is 0 Å². The minimum atomic E-state index is 0.00486. The van der Waals surface area contributed by atoms with Crippen LogP contribution in [0.5, 0.6) is 0 Å². The maximum atomic E-state index is 12.9. The molecule has 3 nitrogen and oxygen atoms in total. The van der Waals surface area contributed by atoms with Gasteiger partial charge in [-0.1, -0.05) is 43.8 Å². The highest BCUT2D eigenvalue weighted by Crippen LogP contribution is 2.49. The lowest BCUT2D eigenvalue weighted by atomic mass is 9.74. The van der Waals surface area contributed by atoms with E-state index in [-0.39, 0.29) is 11.2 Å². The number of Topliss-reactive ketones (excluding diaryl/α,β-unsaturated/α-hetero) is 1. The fraction of sp³-hybridized carbons (Fsp3) is 0.263. The summed E-state index contributed by atoms with van der Waals surface area (Å²) < 4.78 is 1.09. The predicted molar refractivity (Wildman–Crippen MR) is 98.9 cm³/mol. The highest BCUT2D eigenvalue weighted by Gasteiger charge is 2.36. The predicted octanol–water partition coefficient (Wildman–Crippen LogP) is 5.44. The van der Waals surface area contributed by atoms with Gasteiger partial charge in [0.1, 0.15) is 5.69 Å². The van der Waals surface area contributed by atoms with E-state index in [9.17, 15) is 4.79 Å². The van der Waals surface area contributed by atoms with Gasteiger partial charge in [-0.2, -0.15) is 5.10 Å². The van der Waals surface area contributed by atoms with Crippen molar-refractivity contribution in [1.29, 1.82) is 0 Å². The fourth-order valence-corrected chi connectivity index (χ4v) is 5.81. The van der Waals surface area contributed by atoms with Crippen LogP contribution in [-0.2, 0) is 6.42 Å². The van der Waals surface area contributed by atoms with E-state index in [4.69, 9.17) is 0 Å². The molecule has 0 bridgehead atoms. The summed E-state index contributed by atoms with van der Waals surface area (Å²) in [4.78, 5) is 15.2. The molecule has 0 saturated carbocycles. The number of benzene rings is 1. The van der Waals surface area contributed by atoms with Gasteiger partial charge in [0.25, 0.3) is 0 Å². The molecule has 1 aromatic carbocycles. The molecule has 2 aromatic heterocycles. The van der Waals surface area contributed by atoms with Crippen molar-refractivity contribution in [2.45, 2.75) is 35.8 Å². The first kappa shape index (κ1) is 15.7. The molecule has 122 valence electrons. The van der Waals surface area contributed by atoms with Crippen LogP contribution in [0.25, 0.3) is 10.6 Å². The Morgan fingerprint density at radius 2 is 1.96 bits per heavy atom. The molecule has 0 unspecified atom stereocenters. The molecule has 0 amide bonds. The van der Waals surface area contributed by atoms with Crippen LogP contribution >= 0.6 is 23.1 Å². The van der Waals surface area contributed by atoms with Crippen LogP contribution in [0.1, 0.15) is 36.2 Å². The van der Waals surface area contributed by atoms with Gasteiger partial charge in [0.2, 0.25) is 0 Å². The Morgan fingerprint density at radius 1 is 1.17 bits per heavy atom. The Morgan fingerprint density at radius 3 is 2.67 bits per heavy atom. The molecule has 4 rings (SSSR count). The van der Waals surface area contributed by atoms with Gasteiger partial charge < -0.3 is 0 Å². The van der Waals surface area contributed by atoms with E-state index in [1.807, 2.05) is 30.5 Å². The normalized spacial score (nSPS) is 16.2. The molecule has 0 spiro atoms. The Kier molecular flexibility index (Phi) is 3.85. The first-order valence-corrected chi connectivity index (χ1v) is 9.59. The van der Waals surface area contributed by atoms with Crippen LogP contribution in [0.3, 0.4) is 0 Å². The molecule has 5 heteroatoms. The number of rotatable bonds is 3. The number of thiophene rings is 1. The topological polar surface area (TPSA) is 45.8 Å². The molecule has 0 atom stereocenters. The number of nitrogens with one attached hydrogen (secondary N) is 1. The average Bonchev–Trinajstić information content (AvgIpc) is 3.15. The molecule has 1 aliphatic rings. The first-order chi connectivity index (χ1) is 11.5. The van der Waals surface area contributed by atoms with Crippen LogP contribution in [0.15, 0.2) is 51.7 Å². The largest absolute Gasteiger partial charge is 0.294 e. The van der Waals surface area contributed by atoms with Gasteiger partial charge in [-0.15, -0.1) is 11.3 Å². The Bertz CT molecular complexity index is 880. The van der Waals surface area contributed by atoms with E-state index in [1.54, 1.807) is 23.1 Å². The van der Waals surface area contributed by atoms with Gasteiger partial charge in [0.15, 0.2) is 5.78 Å². The molecule has 24 heavy (non-hydrogen) atoms. The highest BCUT2D eigenvalue weighted by molar-refractivity contribution is 8.01. The second-order valence-corrected chi connectivity index (χ2v) is 9.25. The standard InChI is InChI=1S/C19H18N2OS2/c1-19(2)10-13-16(15(22)11-19)18(23-12-6-4-3-5-7-12)24-17(13)14-8-9-20-21-14/h3-9H,10-11H2,1-2H3,(H,20,21).